The first-order chi connectivity index (χ1) is 15.5. The quantitative estimate of drug-likeness (QED) is 0.497. The van der Waals surface area contributed by atoms with Crippen LogP contribution in [0, 0.1) is 35.5 Å². The fourth-order valence-corrected chi connectivity index (χ4v) is 11.1. The van der Waals surface area contributed by atoms with E-state index in [1.54, 1.807) is 5.56 Å². The van der Waals surface area contributed by atoms with Crippen molar-refractivity contribution in [2.24, 2.45) is 35.5 Å². The molecule has 0 aromatic heterocycles. The van der Waals surface area contributed by atoms with E-state index in [2.05, 4.69) is 18.2 Å². The minimum Gasteiger partial charge on any atom is -0.504 e. The van der Waals surface area contributed by atoms with Gasteiger partial charge in [-0.1, -0.05) is 18.2 Å². The molecule has 0 atom stereocenters. The predicted molar refractivity (Wildman–Crippen MR) is 127 cm³/mol. The first kappa shape index (κ1) is 18.7. The zero-order chi connectivity index (χ0) is 21.2. The van der Waals surface area contributed by atoms with Crippen LogP contribution in [0.2, 0.25) is 0 Å². The number of aromatic hydroxyl groups is 2. The maximum Gasteiger partial charge on any atom is 0.161 e. The molecule has 0 saturated heterocycles. The number of rotatable bonds is 2. The van der Waals surface area contributed by atoms with Crippen LogP contribution in [0.15, 0.2) is 24.3 Å². The van der Waals surface area contributed by atoms with E-state index in [1.807, 2.05) is 6.07 Å². The molecule has 32 heavy (non-hydrogen) atoms. The minimum absolute atomic E-state index is 0.0793. The van der Waals surface area contributed by atoms with Crippen molar-refractivity contribution in [3.63, 3.8) is 0 Å². The fraction of sp³-hybridized carbons (Fsp3) is 0.667. The summed E-state index contributed by atoms with van der Waals surface area (Å²) in [7, 11) is 0. The highest BCUT2D eigenvalue weighted by molar-refractivity contribution is 5.92. The fourth-order valence-electron chi connectivity index (χ4n) is 11.1. The van der Waals surface area contributed by atoms with Gasteiger partial charge in [0.1, 0.15) is 0 Å². The van der Waals surface area contributed by atoms with Crippen molar-refractivity contribution in [3.8, 4) is 11.5 Å². The minimum atomic E-state index is 0.0793. The van der Waals surface area contributed by atoms with Crippen LogP contribution in [0.5, 0.6) is 11.5 Å². The van der Waals surface area contributed by atoms with Crippen molar-refractivity contribution in [3.05, 3.63) is 35.4 Å². The van der Waals surface area contributed by atoms with Crippen molar-refractivity contribution in [1.82, 2.24) is 0 Å². The Morgan fingerprint density at radius 2 is 1.06 bits per heavy atom. The summed E-state index contributed by atoms with van der Waals surface area (Å²) in [4.78, 5) is 0. The summed E-state index contributed by atoms with van der Waals surface area (Å²) in [6.45, 7) is 0. The predicted octanol–water partition coefficient (Wildman–Crippen LogP) is 7.19. The maximum atomic E-state index is 11.3. The first-order valence-electron chi connectivity index (χ1n) is 13.5. The lowest BCUT2D eigenvalue weighted by molar-refractivity contribution is -0.00617. The van der Waals surface area contributed by atoms with Gasteiger partial charge in [0.05, 0.1) is 0 Å². The van der Waals surface area contributed by atoms with Gasteiger partial charge in [-0.05, 0) is 140 Å². The smallest absolute Gasteiger partial charge is 0.161 e. The van der Waals surface area contributed by atoms with Crippen LogP contribution >= 0.6 is 0 Å². The monoisotopic (exact) mass is 428 g/mol. The third-order valence-electron chi connectivity index (χ3n) is 11.3. The van der Waals surface area contributed by atoms with Crippen LogP contribution in [-0.2, 0) is 10.8 Å². The Morgan fingerprint density at radius 1 is 0.594 bits per heavy atom. The summed E-state index contributed by atoms with van der Waals surface area (Å²) in [5.41, 5.74) is 3.11. The van der Waals surface area contributed by atoms with E-state index in [1.165, 1.54) is 82.4 Å². The number of fused-ring (bicyclic) bond motifs is 1. The Morgan fingerprint density at radius 3 is 1.56 bits per heavy atom. The SMILES string of the molecule is Oc1cc2ccc(C34CC5CC(CC(C5)C3)C4)cc2c(C23CC4CC(CC(C4)C2)C3)c1O. The molecule has 8 aliphatic carbocycles. The molecule has 2 nitrogen and oxygen atoms in total. The van der Waals surface area contributed by atoms with Crippen LogP contribution in [0.3, 0.4) is 0 Å². The van der Waals surface area contributed by atoms with Gasteiger partial charge < -0.3 is 10.2 Å². The van der Waals surface area contributed by atoms with E-state index in [-0.39, 0.29) is 16.9 Å². The molecule has 8 aliphatic rings. The zero-order valence-electron chi connectivity index (χ0n) is 19.2. The van der Waals surface area contributed by atoms with Crippen LogP contribution in [0.25, 0.3) is 10.8 Å². The molecule has 8 bridgehead atoms. The van der Waals surface area contributed by atoms with Crippen molar-refractivity contribution in [2.75, 3.05) is 0 Å². The molecule has 10 rings (SSSR count). The molecule has 2 N–H and O–H groups in total. The molecule has 0 amide bonds. The molecular formula is C30H36O2. The summed E-state index contributed by atoms with van der Waals surface area (Å²) in [6, 6.07) is 8.97. The Kier molecular flexibility index (Phi) is 3.53. The lowest BCUT2D eigenvalue weighted by atomic mass is 9.47. The summed E-state index contributed by atoms with van der Waals surface area (Å²) in [5, 5.41) is 24.5. The summed E-state index contributed by atoms with van der Waals surface area (Å²) in [6.07, 6.45) is 16.4. The summed E-state index contributed by atoms with van der Waals surface area (Å²) >= 11 is 0. The van der Waals surface area contributed by atoms with Gasteiger partial charge in [-0.25, -0.2) is 0 Å². The Balaban J connectivity index is 1.32. The normalized spacial score (nSPS) is 45.8. The molecule has 0 spiro atoms. The molecule has 8 saturated carbocycles. The number of hydrogen-bond donors (Lipinski definition) is 2. The number of phenols is 2. The van der Waals surface area contributed by atoms with E-state index in [9.17, 15) is 10.2 Å². The van der Waals surface area contributed by atoms with Crippen LogP contribution < -0.4 is 0 Å². The van der Waals surface area contributed by atoms with Gasteiger partial charge in [-0.2, -0.15) is 0 Å². The third kappa shape index (κ3) is 2.42. The topological polar surface area (TPSA) is 40.5 Å². The van der Waals surface area contributed by atoms with Gasteiger partial charge >= 0.3 is 0 Å². The van der Waals surface area contributed by atoms with E-state index in [0.717, 1.165) is 46.5 Å². The molecule has 0 unspecified atom stereocenters. The Hall–Kier alpha value is -1.70. The van der Waals surface area contributed by atoms with Crippen LogP contribution in [0.4, 0.5) is 0 Å². The van der Waals surface area contributed by atoms with Gasteiger partial charge in [-0.3, -0.25) is 0 Å². The average molecular weight is 429 g/mol. The van der Waals surface area contributed by atoms with E-state index in [4.69, 9.17) is 0 Å². The summed E-state index contributed by atoms with van der Waals surface area (Å²) < 4.78 is 0. The van der Waals surface area contributed by atoms with E-state index >= 15 is 0 Å². The molecule has 8 fully saturated rings. The highest BCUT2D eigenvalue weighted by Crippen LogP contribution is 2.64. The average Bonchev–Trinajstić information content (AvgIpc) is 2.72. The van der Waals surface area contributed by atoms with Crippen molar-refractivity contribution in [1.29, 1.82) is 0 Å². The van der Waals surface area contributed by atoms with Crippen molar-refractivity contribution < 1.29 is 10.2 Å². The molecule has 2 heteroatoms. The van der Waals surface area contributed by atoms with Gasteiger partial charge in [0.2, 0.25) is 0 Å². The molecule has 0 radical (unpaired) electrons. The van der Waals surface area contributed by atoms with Crippen LogP contribution in [-0.4, -0.2) is 10.2 Å². The van der Waals surface area contributed by atoms with Gasteiger partial charge in [0, 0.05) is 11.0 Å². The number of phenolic OH excluding ortho intramolecular Hbond substituents is 2. The molecule has 0 heterocycles. The maximum absolute atomic E-state index is 11.3. The standard InChI is InChI=1S/C30H36O2/c31-26-9-23-1-2-24(29-11-17-3-18(12-29)5-19(4-17)13-29)10-25(23)27(28(26)32)30-14-20-6-21(15-30)8-22(7-20)16-30/h1-2,9-10,17-22,31-32H,3-8,11-16H2. The molecule has 0 aliphatic heterocycles. The Bertz CT molecular complexity index is 1060. The van der Waals surface area contributed by atoms with Gasteiger partial charge in [-0.15, -0.1) is 0 Å². The highest BCUT2D eigenvalue weighted by atomic mass is 16.3. The molecular weight excluding hydrogens is 392 g/mol. The second-order valence-corrected chi connectivity index (χ2v) is 13.5. The van der Waals surface area contributed by atoms with Crippen LogP contribution in [0.1, 0.15) is 88.2 Å². The van der Waals surface area contributed by atoms with Crippen molar-refractivity contribution in [2.45, 2.75) is 87.9 Å². The van der Waals surface area contributed by atoms with Gasteiger partial charge in [0.15, 0.2) is 11.5 Å². The second-order valence-electron chi connectivity index (χ2n) is 13.5. The largest absolute Gasteiger partial charge is 0.504 e. The van der Waals surface area contributed by atoms with E-state index in [0.29, 0.717) is 5.41 Å². The lowest BCUT2D eigenvalue weighted by Crippen LogP contribution is -2.49. The molecule has 168 valence electrons. The van der Waals surface area contributed by atoms with Gasteiger partial charge in [0.25, 0.3) is 0 Å². The number of hydrogen-bond acceptors (Lipinski definition) is 2. The Labute approximate surface area is 191 Å². The van der Waals surface area contributed by atoms with Crippen molar-refractivity contribution >= 4 is 10.8 Å². The molecule has 2 aromatic carbocycles. The molecule has 2 aromatic rings. The first-order valence-corrected chi connectivity index (χ1v) is 13.5. The summed E-state index contributed by atoms with van der Waals surface area (Å²) in [5.74, 6) is 5.57. The van der Waals surface area contributed by atoms with E-state index < -0.39 is 0 Å². The second kappa shape index (κ2) is 6.05. The highest BCUT2D eigenvalue weighted by Gasteiger charge is 2.54. The number of benzene rings is 2. The third-order valence-corrected chi connectivity index (χ3v) is 11.3. The zero-order valence-corrected chi connectivity index (χ0v) is 19.2. The lowest BCUT2D eigenvalue weighted by Gasteiger charge is -2.58.